The highest BCUT2D eigenvalue weighted by Gasteiger charge is 2.21. The van der Waals surface area contributed by atoms with Crippen LogP contribution >= 0.6 is 27.5 Å². The van der Waals surface area contributed by atoms with Gasteiger partial charge in [-0.15, -0.1) is 0 Å². The first-order chi connectivity index (χ1) is 9.79. The van der Waals surface area contributed by atoms with Crippen molar-refractivity contribution in [1.82, 2.24) is 4.72 Å². The molecule has 112 valence electrons. The number of hydrogen-bond acceptors (Lipinski definition) is 2. The normalized spacial score (nSPS) is 13.1. The predicted molar refractivity (Wildman–Crippen MR) is 84.3 cm³/mol. The predicted octanol–water partition coefficient (Wildman–Crippen LogP) is 4.28. The van der Waals surface area contributed by atoms with Crippen molar-refractivity contribution in [3.8, 4) is 0 Å². The number of halogens is 3. The molecule has 0 spiro atoms. The summed E-state index contributed by atoms with van der Waals surface area (Å²) >= 11 is 9.19. The van der Waals surface area contributed by atoms with Gasteiger partial charge < -0.3 is 0 Å². The summed E-state index contributed by atoms with van der Waals surface area (Å²) in [4.78, 5) is 0.00123. The van der Waals surface area contributed by atoms with Crippen molar-refractivity contribution in [2.24, 2.45) is 0 Å². The van der Waals surface area contributed by atoms with Crippen molar-refractivity contribution in [2.75, 3.05) is 0 Å². The fourth-order valence-electron chi connectivity index (χ4n) is 1.81. The Labute approximate surface area is 136 Å². The minimum Gasteiger partial charge on any atom is -0.207 e. The van der Waals surface area contributed by atoms with Gasteiger partial charge in [0.25, 0.3) is 0 Å². The van der Waals surface area contributed by atoms with Gasteiger partial charge in [0.1, 0.15) is 10.7 Å². The molecule has 0 fully saturated rings. The van der Waals surface area contributed by atoms with E-state index < -0.39 is 16.1 Å². The second kappa shape index (κ2) is 6.44. The summed E-state index contributed by atoms with van der Waals surface area (Å²) in [7, 11) is -3.76. The van der Waals surface area contributed by atoms with E-state index in [2.05, 4.69) is 20.7 Å². The van der Waals surface area contributed by atoms with Crippen LogP contribution in [-0.2, 0) is 10.0 Å². The van der Waals surface area contributed by atoms with E-state index in [1.807, 2.05) is 0 Å². The van der Waals surface area contributed by atoms with Gasteiger partial charge in [0.05, 0.1) is 5.02 Å². The molecule has 21 heavy (non-hydrogen) atoms. The molecule has 0 aliphatic carbocycles. The van der Waals surface area contributed by atoms with Crippen LogP contribution in [0, 0.1) is 5.82 Å². The molecule has 0 bridgehead atoms. The molecule has 1 atom stereocenters. The largest absolute Gasteiger partial charge is 0.242 e. The smallest absolute Gasteiger partial charge is 0.207 e. The Kier molecular flexibility index (Phi) is 5.03. The summed E-state index contributed by atoms with van der Waals surface area (Å²) in [6, 6.07) is 9.67. The summed E-state index contributed by atoms with van der Waals surface area (Å²) in [5.41, 5.74) is 0.660. The summed E-state index contributed by atoms with van der Waals surface area (Å²) in [5.74, 6) is -0.371. The maximum atomic E-state index is 12.9. The van der Waals surface area contributed by atoms with Gasteiger partial charge in [-0.1, -0.05) is 39.7 Å². The monoisotopic (exact) mass is 391 g/mol. The lowest BCUT2D eigenvalue weighted by Crippen LogP contribution is -2.27. The Balaban J connectivity index is 2.26. The van der Waals surface area contributed by atoms with E-state index in [0.29, 0.717) is 10.0 Å². The highest BCUT2D eigenvalue weighted by molar-refractivity contribution is 9.10. The van der Waals surface area contributed by atoms with Gasteiger partial charge in [0.2, 0.25) is 10.0 Å². The first-order valence-electron chi connectivity index (χ1n) is 6.02. The molecule has 0 heterocycles. The van der Waals surface area contributed by atoms with Crippen molar-refractivity contribution in [1.29, 1.82) is 0 Å². The Morgan fingerprint density at radius 3 is 2.38 bits per heavy atom. The SMILES string of the molecule is C[C@@H](NS(=O)(=O)c1ccc(Br)cc1Cl)c1ccc(F)cc1. The standard InChI is InChI=1S/C14H12BrClFNO2S/c1-9(10-2-5-12(17)6-3-10)18-21(19,20)14-7-4-11(15)8-13(14)16/h2-9,18H,1H3/t9-/m1/s1. The van der Waals surface area contributed by atoms with Gasteiger partial charge in [-0.05, 0) is 42.8 Å². The first kappa shape index (κ1) is 16.4. The van der Waals surface area contributed by atoms with E-state index in [1.165, 1.54) is 36.4 Å². The van der Waals surface area contributed by atoms with Crippen LogP contribution in [0.4, 0.5) is 4.39 Å². The van der Waals surface area contributed by atoms with Gasteiger partial charge in [-0.3, -0.25) is 0 Å². The molecule has 0 aliphatic heterocycles. The molecule has 0 saturated carbocycles. The molecule has 2 rings (SSSR count). The summed E-state index contributed by atoms with van der Waals surface area (Å²) < 4.78 is 40.8. The van der Waals surface area contributed by atoms with Crippen LogP contribution in [0.3, 0.4) is 0 Å². The van der Waals surface area contributed by atoms with E-state index in [4.69, 9.17) is 11.6 Å². The van der Waals surface area contributed by atoms with Gasteiger partial charge in [0, 0.05) is 10.5 Å². The van der Waals surface area contributed by atoms with Crippen LogP contribution in [0.2, 0.25) is 5.02 Å². The molecular weight excluding hydrogens is 381 g/mol. The maximum absolute atomic E-state index is 12.9. The van der Waals surface area contributed by atoms with Gasteiger partial charge in [0.15, 0.2) is 0 Å². The third-order valence-corrected chi connectivity index (χ3v) is 5.40. The van der Waals surface area contributed by atoms with Crippen LogP contribution in [-0.4, -0.2) is 8.42 Å². The van der Waals surface area contributed by atoms with E-state index in [0.717, 1.165) is 0 Å². The Morgan fingerprint density at radius 2 is 1.81 bits per heavy atom. The quantitative estimate of drug-likeness (QED) is 0.844. The summed E-state index contributed by atoms with van der Waals surface area (Å²) in [6.07, 6.45) is 0. The zero-order chi connectivity index (χ0) is 15.6. The summed E-state index contributed by atoms with van der Waals surface area (Å²) in [6.45, 7) is 1.68. The Bertz CT molecular complexity index is 750. The fourth-order valence-corrected chi connectivity index (χ4v) is 4.08. The van der Waals surface area contributed by atoms with Crippen molar-refractivity contribution in [3.05, 3.63) is 63.3 Å². The topological polar surface area (TPSA) is 46.2 Å². The van der Waals surface area contributed by atoms with Crippen molar-refractivity contribution >= 4 is 37.6 Å². The average molecular weight is 393 g/mol. The number of rotatable bonds is 4. The molecular formula is C14H12BrClFNO2S. The molecule has 0 unspecified atom stereocenters. The lowest BCUT2D eigenvalue weighted by Gasteiger charge is -2.15. The molecule has 1 N–H and O–H groups in total. The molecule has 0 radical (unpaired) electrons. The second-order valence-electron chi connectivity index (χ2n) is 4.47. The maximum Gasteiger partial charge on any atom is 0.242 e. The fraction of sp³-hybridized carbons (Fsp3) is 0.143. The number of hydrogen-bond donors (Lipinski definition) is 1. The lowest BCUT2D eigenvalue weighted by molar-refractivity contribution is 0.566. The van der Waals surface area contributed by atoms with Gasteiger partial charge in [-0.25, -0.2) is 17.5 Å². The molecule has 3 nitrogen and oxygen atoms in total. The molecule has 0 aliphatic rings. The second-order valence-corrected chi connectivity index (χ2v) is 7.47. The van der Waals surface area contributed by atoms with Crippen LogP contribution in [0.25, 0.3) is 0 Å². The van der Waals surface area contributed by atoms with Crippen LogP contribution < -0.4 is 4.72 Å². The number of nitrogens with one attached hydrogen (secondary N) is 1. The Hall–Kier alpha value is -0.950. The first-order valence-corrected chi connectivity index (χ1v) is 8.68. The zero-order valence-corrected chi connectivity index (χ0v) is 14.1. The van der Waals surface area contributed by atoms with E-state index in [1.54, 1.807) is 13.0 Å². The molecule has 2 aromatic rings. The number of benzene rings is 2. The molecule has 0 saturated heterocycles. The molecule has 0 amide bonds. The van der Waals surface area contributed by atoms with E-state index >= 15 is 0 Å². The van der Waals surface area contributed by atoms with Crippen LogP contribution in [0.5, 0.6) is 0 Å². The summed E-state index contributed by atoms with van der Waals surface area (Å²) in [5, 5.41) is 0.128. The minimum absolute atomic E-state index is 0.00123. The highest BCUT2D eigenvalue weighted by atomic mass is 79.9. The van der Waals surface area contributed by atoms with E-state index in [9.17, 15) is 12.8 Å². The third kappa shape index (κ3) is 4.03. The van der Waals surface area contributed by atoms with E-state index in [-0.39, 0.29) is 15.7 Å². The lowest BCUT2D eigenvalue weighted by atomic mass is 10.1. The van der Waals surface area contributed by atoms with Gasteiger partial charge >= 0.3 is 0 Å². The van der Waals surface area contributed by atoms with Crippen molar-refractivity contribution < 1.29 is 12.8 Å². The Morgan fingerprint density at radius 1 is 1.19 bits per heavy atom. The average Bonchev–Trinajstić information content (AvgIpc) is 2.38. The highest BCUT2D eigenvalue weighted by Crippen LogP contribution is 2.26. The molecule has 7 heteroatoms. The van der Waals surface area contributed by atoms with Crippen molar-refractivity contribution in [3.63, 3.8) is 0 Å². The number of sulfonamides is 1. The van der Waals surface area contributed by atoms with Crippen LogP contribution in [0.15, 0.2) is 51.8 Å². The molecule has 2 aromatic carbocycles. The third-order valence-electron chi connectivity index (χ3n) is 2.89. The van der Waals surface area contributed by atoms with Crippen LogP contribution in [0.1, 0.15) is 18.5 Å². The van der Waals surface area contributed by atoms with Crippen molar-refractivity contribution in [2.45, 2.75) is 17.9 Å². The molecule has 0 aromatic heterocycles. The zero-order valence-electron chi connectivity index (χ0n) is 11.0. The minimum atomic E-state index is -3.76. The van der Waals surface area contributed by atoms with Gasteiger partial charge in [-0.2, -0.15) is 0 Å².